The minimum Gasteiger partial charge on any atom is -0.338 e. The van der Waals surface area contributed by atoms with Crippen LogP contribution in [0.4, 0.5) is 13.2 Å². The van der Waals surface area contributed by atoms with Gasteiger partial charge in [-0.1, -0.05) is 24.3 Å². The van der Waals surface area contributed by atoms with Gasteiger partial charge in [0.05, 0.1) is 0 Å². The van der Waals surface area contributed by atoms with Crippen molar-refractivity contribution in [3.8, 4) is 0 Å². The molecule has 0 saturated heterocycles. The highest BCUT2D eigenvalue weighted by atomic mass is 19.4. The molecule has 3 aliphatic carbocycles. The SMILES string of the molecule is O=C(NC1(C(F)(F)F)CC1)C1=C2C=CC=C2C=C1. The lowest BCUT2D eigenvalue weighted by Crippen LogP contribution is -2.48. The fourth-order valence-electron chi connectivity index (χ4n) is 2.17. The first-order valence-corrected chi connectivity index (χ1v) is 5.63. The van der Waals surface area contributed by atoms with Gasteiger partial charge in [0.15, 0.2) is 0 Å². The van der Waals surface area contributed by atoms with Crippen molar-refractivity contribution in [2.24, 2.45) is 0 Å². The minimum absolute atomic E-state index is 0.0346. The van der Waals surface area contributed by atoms with Crippen molar-refractivity contribution in [2.45, 2.75) is 24.6 Å². The number of allylic oxidation sites excluding steroid dienone is 6. The van der Waals surface area contributed by atoms with Crippen LogP contribution >= 0.6 is 0 Å². The van der Waals surface area contributed by atoms with E-state index in [1.807, 2.05) is 6.08 Å². The smallest absolute Gasteiger partial charge is 0.338 e. The van der Waals surface area contributed by atoms with Gasteiger partial charge < -0.3 is 5.32 Å². The number of hydrogen-bond donors (Lipinski definition) is 1. The van der Waals surface area contributed by atoms with E-state index in [9.17, 15) is 18.0 Å². The third-order valence-electron chi connectivity index (χ3n) is 3.46. The molecule has 0 aromatic heterocycles. The molecule has 1 amide bonds. The first kappa shape index (κ1) is 11.3. The highest BCUT2D eigenvalue weighted by Crippen LogP contribution is 2.49. The Morgan fingerprint density at radius 2 is 1.94 bits per heavy atom. The lowest BCUT2D eigenvalue weighted by atomic mass is 10.1. The summed E-state index contributed by atoms with van der Waals surface area (Å²) in [5, 5.41) is 2.13. The molecule has 5 heteroatoms. The van der Waals surface area contributed by atoms with E-state index < -0.39 is 17.6 Å². The van der Waals surface area contributed by atoms with Gasteiger partial charge in [0.1, 0.15) is 5.54 Å². The van der Waals surface area contributed by atoms with Gasteiger partial charge in [-0.3, -0.25) is 4.79 Å². The molecule has 2 nitrogen and oxygen atoms in total. The Kier molecular flexibility index (Phi) is 2.12. The number of rotatable bonds is 2. The molecule has 0 aromatic carbocycles. The van der Waals surface area contributed by atoms with Crippen molar-refractivity contribution >= 4 is 5.91 Å². The van der Waals surface area contributed by atoms with Crippen LogP contribution in [0.5, 0.6) is 0 Å². The average molecular weight is 253 g/mol. The number of fused-ring (bicyclic) bond motifs is 1. The molecule has 18 heavy (non-hydrogen) atoms. The summed E-state index contributed by atoms with van der Waals surface area (Å²) in [5.74, 6) is -0.647. The summed E-state index contributed by atoms with van der Waals surface area (Å²) in [6.45, 7) is 0. The normalized spacial score (nSPS) is 23.2. The van der Waals surface area contributed by atoms with E-state index in [0.29, 0.717) is 11.1 Å². The number of amides is 1. The summed E-state index contributed by atoms with van der Waals surface area (Å²) in [4.78, 5) is 11.9. The van der Waals surface area contributed by atoms with Gasteiger partial charge in [-0.25, -0.2) is 0 Å². The second-order valence-electron chi connectivity index (χ2n) is 4.68. The first-order valence-electron chi connectivity index (χ1n) is 5.63. The van der Waals surface area contributed by atoms with E-state index in [1.165, 1.54) is 0 Å². The fraction of sp³-hybridized carbons (Fsp3) is 0.308. The Hall–Kier alpha value is -1.78. The Balaban J connectivity index is 1.82. The highest BCUT2D eigenvalue weighted by molar-refractivity contribution is 6.01. The quantitative estimate of drug-likeness (QED) is 0.805. The van der Waals surface area contributed by atoms with Crippen molar-refractivity contribution in [2.75, 3.05) is 0 Å². The molecule has 1 N–H and O–H groups in total. The molecular weight excluding hydrogens is 243 g/mol. The molecule has 0 unspecified atom stereocenters. The Bertz CT molecular complexity index is 545. The van der Waals surface area contributed by atoms with E-state index in [4.69, 9.17) is 0 Å². The minimum atomic E-state index is -4.37. The summed E-state index contributed by atoms with van der Waals surface area (Å²) in [7, 11) is 0. The third-order valence-corrected chi connectivity index (χ3v) is 3.46. The topological polar surface area (TPSA) is 29.1 Å². The van der Waals surface area contributed by atoms with E-state index >= 15 is 0 Å². The summed E-state index contributed by atoms with van der Waals surface area (Å²) in [6, 6.07) is 0. The van der Waals surface area contributed by atoms with Crippen LogP contribution in [0.25, 0.3) is 0 Å². The van der Waals surface area contributed by atoms with Crippen LogP contribution in [0.3, 0.4) is 0 Å². The maximum atomic E-state index is 12.7. The van der Waals surface area contributed by atoms with Crippen LogP contribution in [0.2, 0.25) is 0 Å². The van der Waals surface area contributed by atoms with Crippen molar-refractivity contribution < 1.29 is 18.0 Å². The number of carbonyl (C=O) groups is 1. The molecule has 0 atom stereocenters. The van der Waals surface area contributed by atoms with E-state index in [-0.39, 0.29) is 12.8 Å². The van der Waals surface area contributed by atoms with Crippen LogP contribution in [-0.4, -0.2) is 17.6 Å². The molecule has 0 aromatic rings. The maximum Gasteiger partial charge on any atom is 0.411 e. The van der Waals surface area contributed by atoms with E-state index in [2.05, 4.69) is 5.32 Å². The molecule has 0 heterocycles. The molecule has 0 spiro atoms. The largest absolute Gasteiger partial charge is 0.411 e. The van der Waals surface area contributed by atoms with Gasteiger partial charge in [0.25, 0.3) is 5.91 Å². The van der Waals surface area contributed by atoms with Crippen LogP contribution in [0, 0.1) is 0 Å². The zero-order valence-corrected chi connectivity index (χ0v) is 9.34. The van der Waals surface area contributed by atoms with Crippen LogP contribution in [0.1, 0.15) is 12.8 Å². The number of hydrogen-bond acceptors (Lipinski definition) is 1. The summed E-state index contributed by atoms with van der Waals surface area (Å²) < 4.78 is 38.2. The van der Waals surface area contributed by atoms with Gasteiger partial charge in [-0.05, 0) is 30.1 Å². The van der Waals surface area contributed by atoms with Gasteiger partial charge in [-0.15, -0.1) is 0 Å². The fourth-order valence-corrected chi connectivity index (χ4v) is 2.17. The van der Waals surface area contributed by atoms with Crippen molar-refractivity contribution in [3.63, 3.8) is 0 Å². The Labute approximate surface area is 102 Å². The van der Waals surface area contributed by atoms with Gasteiger partial charge >= 0.3 is 6.18 Å². The molecule has 0 bridgehead atoms. The Morgan fingerprint density at radius 1 is 1.22 bits per heavy atom. The predicted molar refractivity (Wildman–Crippen MR) is 59.6 cm³/mol. The summed E-state index contributed by atoms with van der Waals surface area (Å²) in [6.07, 6.45) is 4.18. The lowest BCUT2D eigenvalue weighted by Gasteiger charge is -2.20. The monoisotopic (exact) mass is 253 g/mol. The van der Waals surface area contributed by atoms with Crippen LogP contribution in [0.15, 0.2) is 47.1 Å². The van der Waals surface area contributed by atoms with Gasteiger partial charge in [-0.2, -0.15) is 13.2 Å². The van der Waals surface area contributed by atoms with Gasteiger partial charge in [0, 0.05) is 5.57 Å². The average Bonchev–Trinajstić information content (AvgIpc) is 2.75. The molecular formula is C13H10F3NO. The lowest BCUT2D eigenvalue weighted by molar-refractivity contribution is -0.169. The standard InChI is InChI=1S/C13H10F3NO/c14-13(15,16)12(6-7-12)17-11(18)10-5-4-8-2-1-3-9(8)10/h1-5H,6-7H2,(H,17,18). The molecule has 1 saturated carbocycles. The van der Waals surface area contributed by atoms with Crippen molar-refractivity contribution in [3.05, 3.63) is 47.1 Å². The zero-order valence-electron chi connectivity index (χ0n) is 9.34. The maximum absolute atomic E-state index is 12.7. The summed E-state index contributed by atoms with van der Waals surface area (Å²) in [5.41, 5.74) is -0.117. The first-order chi connectivity index (χ1) is 8.43. The molecule has 94 valence electrons. The number of halogens is 3. The van der Waals surface area contributed by atoms with E-state index in [1.54, 1.807) is 24.3 Å². The molecule has 3 aliphatic rings. The molecule has 3 rings (SSSR count). The zero-order chi connectivity index (χ0) is 13.0. The summed E-state index contributed by atoms with van der Waals surface area (Å²) >= 11 is 0. The van der Waals surface area contributed by atoms with Crippen molar-refractivity contribution in [1.82, 2.24) is 5.32 Å². The molecule has 0 radical (unpaired) electrons. The predicted octanol–water partition coefficient (Wildman–Crippen LogP) is 2.56. The molecule has 0 aliphatic heterocycles. The van der Waals surface area contributed by atoms with Crippen molar-refractivity contribution in [1.29, 1.82) is 0 Å². The third kappa shape index (κ3) is 1.54. The van der Waals surface area contributed by atoms with Crippen LogP contribution < -0.4 is 5.32 Å². The number of alkyl halides is 3. The van der Waals surface area contributed by atoms with E-state index in [0.717, 1.165) is 5.57 Å². The van der Waals surface area contributed by atoms with Crippen LogP contribution in [-0.2, 0) is 4.79 Å². The molecule has 1 fully saturated rings. The number of carbonyl (C=O) groups excluding carboxylic acids is 1. The highest BCUT2D eigenvalue weighted by Gasteiger charge is 2.64. The van der Waals surface area contributed by atoms with Gasteiger partial charge in [0.2, 0.25) is 0 Å². The second-order valence-corrected chi connectivity index (χ2v) is 4.68. The number of nitrogens with one attached hydrogen (secondary N) is 1. The second kappa shape index (κ2) is 3.37. The Morgan fingerprint density at radius 3 is 2.56 bits per heavy atom.